The van der Waals surface area contributed by atoms with Gasteiger partial charge in [0.25, 0.3) is 11.1 Å². The molecule has 6 nitrogen and oxygen atoms in total. The van der Waals surface area contributed by atoms with E-state index in [1.807, 2.05) is 0 Å². The van der Waals surface area contributed by atoms with Crippen LogP contribution >= 0.6 is 55.2 Å². The number of carboxylic acids is 1. The predicted molar refractivity (Wildman–Crippen MR) is 118 cm³/mol. The summed E-state index contributed by atoms with van der Waals surface area (Å²) < 4.78 is 6.55. The van der Waals surface area contributed by atoms with Gasteiger partial charge < -0.3 is 9.84 Å². The topological polar surface area (TPSA) is 83.9 Å². The fraction of sp³-hybridized carbons (Fsp3) is 0.105. The van der Waals surface area contributed by atoms with Gasteiger partial charge in [0.2, 0.25) is 0 Å². The number of hydrogen-bond acceptors (Lipinski definition) is 5. The number of imide groups is 1. The van der Waals surface area contributed by atoms with Gasteiger partial charge in [0.1, 0.15) is 5.75 Å². The summed E-state index contributed by atoms with van der Waals surface area (Å²) >= 11 is 13.4. The van der Waals surface area contributed by atoms with Crippen LogP contribution in [0, 0.1) is 0 Å². The molecule has 1 saturated heterocycles. The highest BCUT2D eigenvalue weighted by Gasteiger charge is 2.35. The van der Waals surface area contributed by atoms with Gasteiger partial charge in [-0.3, -0.25) is 14.5 Å². The number of aliphatic carboxylic acids is 1. The zero-order chi connectivity index (χ0) is 21.1. The average molecular weight is 562 g/mol. The molecule has 2 amide bonds. The van der Waals surface area contributed by atoms with Crippen molar-refractivity contribution in [3.8, 4) is 5.75 Å². The summed E-state index contributed by atoms with van der Waals surface area (Å²) in [5.74, 6) is -1.30. The van der Waals surface area contributed by atoms with Crippen molar-refractivity contribution < 1.29 is 24.2 Å². The van der Waals surface area contributed by atoms with Gasteiger partial charge in [-0.15, -0.1) is 0 Å². The van der Waals surface area contributed by atoms with Crippen molar-refractivity contribution >= 4 is 78.4 Å². The Morgan fingerprint density at radius 3 is 2.55 bits per heavy atom. The van der Waals surface area contributed by atoms with Crippen molar-refractivity contribution in [2.45, 2.75) is 6.54 Å². The van der Waals surface area contributed by atoms with Crippen molar-refractivity contribution in [2.75, 3.05) is 6.61 Å². The first-order valence-electron chi connectivity index (χ1n) is 8.08. The molecule has 2 aromatic rings. The minimum atomic E-state index is -1.13. The Morgan fingerprint density at radius 2 is 1.90 bits per heavy atom. The van der Waals surface area contributed by atoms with Crippen LogP contribution in [-0.2, 0) is 16.1 Å². The summed E-state index contributed by atoms with van der Waals surface area (Å²) in [5, 5.41) is 9.06. The maximum Gasteiger partial charge on any atom is 0.341 e. The summed E-state index contributed by atoms with van der Waals surface area (Å²) in [6, 6.07) is 10.3. The van der Waals surface area contributed by atoms with E-state index in [1.54, 1.807) is 36.4 Å². The third-order valence-corrected chi connectivity index (χ3v) is 6.00. The maximum atomic E-state index is 12.8. The lowest BCUT2D eigenvalue weighted by Gasteiger charge is -2.13. The van der Waals surface area contributed by atoms with Crippen LogP contribution in [0.1, 0.15) is 11.1 Å². The zero-order valence-electron chi connectivity index (χ0n) is 14.5. The van der Waals surface area contributed by atoms with E-state index in [-0.39, 0.29) is 17.2 Å². The van der Waals surface area contributed by atoms with Crippen LogP contribution in [0.15, 0.2) is 50.2 Å². The molecule has 0 atom stereocenters. The smallest absolute Gasteiger partial charge is 0.341 e. The lowest BCUT2D eigenvalue weighted by molar-refractivity contribution is -0.139. The van der Waals surface area contributed by atoms with E-state index < -0.39 is 23.7 Å². The molecule has 1 fully saturated rings. The van der Waals surface area contributed by atoms with Gasteiger partial charge in [-0.1, -0.05) is 39.7 Å². The maximum absolute atomic E-state index is 12.8. The zero-order valence-corrected chi connectivity index (χ0v) is 19.3. The number of rotatable bonds is 6. The average Bonchev–Trinajstić information content (AvgIpc) is 2.90. The summed E-state index contributed by atoms with van der Waals surface area (Å²) in [7, 11) is 0. The van der Waals surface area contributed by atoms with E-state index in [9.17, 15) is 14.4 Å². The second-order valence-electron chi connectivity index (χ2n) is 5.88. The molecule has 0 radical (unpaired) electrons. The summed E-state index contributed by atoms with van der Waals surface area (Å²) in [6.45, 7) is -0.414. The normalized spacial score (nSPS) is 15.3. The minimum absolute atomic E-state index is 0.129. The van der Waals surface area contributed by atoms with E-state index in [0.717, 1.165) is 22.2 Å². The number of thioether (sulfide) groups is 1. The molecule has 0 saturated carbocycles. The van der Waals surface area contributed by atoms with Crippen molar-refractivity contribution in [2.24, 2.45) is 0 Å². The van der Waals surface area contributed by atoms with Gasteiger partial charge in [0.15, 0.2) is 6.61 Å². The number of ether oxygens (including phenoxy) is 1. The largest absolute Gasteiger partial charge is 0.480 e. The number of amides is 2. The van der Waals surface area contributed by atoms with E-state index >= 15 is 0 Å². The van der Waals surface area contributed by atoms with Crippen molar-refractivity contribution in [1.29, 1.82) is 0 Å². The molecule has 0 aromatic heterocycles. The number of benzene rings is 2. The van der Waals surface area contributed by atoms with Crippen LogP contribution in [0.25, 0.3) is 6.08 Å². The third kappa shape index (κ3) is 5.42. The van der Waals surface area contributed by atoms with Gasteiger partial charge in [-0.05, 0) is 63.6 Å². The molecule has 0 unspecified atom stereocenters. The summed E-state index contributed by atoms with van der Waals surface area (Å²) in [6.07, 6.45) is 1.51. The Balaban J connectivity index is 1.89. The lowest BCUT2D eigenvalue weighted by Crippen LogP contribution is -2.27. The number of nitrogens with zero attached hydrogens (tertiary/aromatic N) is 1. The Kier molecular flexibility index (Phi) is 7.05. The van der Waals surface area contributed by atoms with Gasteiger partial charge >= 0.3 is 5.97 Å². The number of halogens is 3. The Morgan fingerprint density at radius 1 is 1.21 bits per heavy atom. The predicted octanol–water partition coefficient (Wildman–Crippen LogP) is 5.56. The monoisotopic (exact) mass is 559 g/mol. The van der Waals surface area contributed by atoms with Crippen molar-refractivity contribution in [3.05, 3.63) is 66.4 Å². The number of carboxylic acid groups (broad SMARTS) is 1. The van der Waals surface area contributed by atoms with E-state index in [0.29, 0.717) is 19.5 Å². The fourth-order valence-corrected chi connectivity index (χ4v) is 4.85. The highest BCUT2D eigenvalue weighted by Crippen LogP contribution is 2.38. The summed E-state index contributed by atoms with van der Waals surface area (Å²) in [5.41, 5.74) is 1.23. The standard InChI is InChI=1S/C19H12Br2ClNO5S/c20-12-5-11(17(14(21)7-12)28-9-16(24)25)6-15-18(26)23(19(27)29-15)8-10-1-3-13(22)4-2-10/h1-7H,8-9H2,(H,24,25)/b15-6-. The molecule has 3 rings (SSSR count). The van der Waals surface area contributed by atoms with E-state index in [2.05, 4.69) is 31.9 Å². The van der Waals surface area contributed by atoms with Crippen LogP contribution < -0.4 is 4.74 Å². The molecule has 10 heteroatoms. The highest BCUT2D eigenvalue weighted by atomic mass is 79.9. The van der Waals surface area contributed by atoms with Crippen LogP contribution in [0.2, 0.25) is 5.02 Å². The highest BCUT2D eigenvalue weighted by molar-refractivity contribution is 9.11. The van der Waals surface area contributed by atoms with E-state index in [4.69, 9.17) is 21.4 Å². The van der Waals surface area contributed by atoms with Crippen LogP contribution in [-0.4, -0.2) is 33.7 Å². The first kappa shape index (κ1) is 21.9. The van der Waals surface area contributed by atoms with E-state index in [1.165, 1.54) is 6.08 Å². The number of carbonyl (C=O) groups is 3. The number of carbonyl (C=O) groups excluding carboxylic acids is 2. The fourth-order valence-electron chi connectivity index (χ4n) is 2.52. The second kappa shape index (κ2) is 9.34. The molecule has 150 valence electrons. The van der Waals surface area contributed by atoms with Gasteiger partial charge in [0.05, 0.1) is 15.9 Å². The quantitative estimate of drug-likeness (QED) is 0.465. The molecule has 29 heavy (non-hydrogen) atoms. The Bertz CT molecular complexity index is 1030. The Labute approximate surface area is 192 Å². The number of hydrogen-bond donors (Lipinski definition) is 1. The molecule has 0 spiro atoms. The van der Waals surface area contributed by atoms with Crippen LogP contribution in [0.3, 0.4) is 0 Å². The minimum Gasteiger partial charge on any atom is -0.480 e. The van der Waals surface area contributed by atoms with Crippen LogP contribution in [0.4, 0.5) is 4.79 Å². The summed E-state index contributed by atoms with van der Waals surface area (Å²) in [4.78, 5) is 37.4. The van der Waals surface area contributed by atoms with Gasteiger partial charge in [-0.2, -0.15) is 0 Å². The Hall–Kier alpha value is -1.81. The lowest BCUT2D eigenvalue weighted by atomic mass is 10.1. The molecule has 1 aliphatic rings. The van der Waals surface area contributed by atoms with Crippen molar-refractivity contribution in [1.82, 2.24) is 4.90 Å². The molecule has 2 aromatic carbocycles. The van der Waals surface area contributed by atoms with Gasteiger partial charge in [0, 0.05) is 15.1 Å². The van der Waals surface area contributed by atoms with Crippen molar-refractivity contribution in [3.63, 3.8) is 0 Å². The van der Waals surface area contributed by atoms with Crippen LogP contribution in [0.5, 0.6) is 5.75 Å². The molecule has 1 aliphatic heterocycles. The first-order valence-corrected chi connectivity index (χ1v) is 10.9. The molecule has 1 heterocycles. The molecule has 0 aliphatic carbocycles. The second-order valence-corrected chi connectivity index (χ2v) is 9.08. The first-order chi connectivity index (χ1) is 13.7. The third-order valence-electron chi connectivity index (χ3n) is 3.79. The molecular weight excluding hydrogens is 550 g/mol. The molecule has 1 N–H and O–H groups in total. The molecular formula is C19H12Br2ClNO5S. The SMILES string of the molecule is O=C(O)COc1c(Br)cc(Br)cc1/C=C1\SC(=O)N(Cc2ccc(Cl)cc2)C1=O. The molecule has 0 bridgehead atoms. The van der Waals surface area contributed by atoms with Gasteiger partial charge in [-0.25, -0.2) is 4.79 Å².